The zero-order chi connectivity index (χ0) is 11.7. The van der Waals surface area contributed by atoms with E-state index in [4.69, 9.17) is 11.6 Å². The van der Waals surface area contributed by atoms with E-state index in [0.29, 0.717) is 11.0 Å². The molecule has 0 amide bonds. The molecule has 0 aliphatic heterocycles. The number of rotatable bonds is 2. The van der Waals surface area contributed by atoms with Crippen LogP contribution in [0.3, 0.4) is 0 Å². The Hall–Kier alpha value is -0.270. The van der Waals surface area contributed by atoms with Crippen LogP contribution in [0.2, 0.25) is 5.15 Å². The molecule has 0 fully saturated rings. The van der Waals surface area contributed by atoms with E-state index in [0.717, 1.165) is 26.4 Å². The highest BCUT2D eigenvalue weighted by atomic mass is 127. The average Bonchev–Trinajstić information content (AvgIpc) is 2.69. The number of hydrogen-bond acceptors (Lipinski definition) is 4. The van der Waals surface area contributed by atoms with E-state index >= 15 is 0 Å². The van der Waals surface area contributed by atoms with Gasteiger partial charge in [-0.15, -0.1) is 11.3 Å². The van der Waals surface area contributed by atoms with Crippen molar-refractivity contribution in [2.24, 2.45) is 0 Å². The number of aromatic nitrogens is 3. The minimum Gasteiger partial charge on any atom is -0.238 e. The van der Waals surface area contributed by atoms with Gasteiger partial charge < -0.3 is 0 Å². The van der Waals surface area contributed by atoms with Crippen molar-refractivity contribution in [1.29, 1.82) is 0 Å². The SMILES string of the molecule is CCc1nc(-c2csc(C)n2)nc(Cl)c1I. The smallest absolute Gasteiger partial charge is 0.180 e. The van der Waals surface area contributed by atoms with Crippen molar-refractivity contribution in [1.82, 2.24) is 15.0 Å². The number of aryl methyl sites for hydroxylation is 2. The highest BCUT2D eigenvalue weighted by Gasteiger charge is 2.12. The summed E-state index contributed by atoms with van der Waals surface area (Å²) < 4.78 is 0.928. The summed E-state index contributed by atoms with van der Waals surface area (Å²) in [6.07, 6.45) is 0.844. The third kappa shape index (κ3) is 2.36. The number of thiazole rings is 1. The fraction of sp³-hybridized carbons (Fsp3) is 0.300. The van der Waals surface area contributed by atoms with Crippen LogP contribution in [0.25, 0.3) is 11.5 Å². The van der Waals surface area contributed by atoms with Crippen molar-refractivity contribution in [2.45, 2.75) is 20.3 Å². The van der Waals surface area contributed by atoms with Gasteiger partial charge >= 0.3 is 0 Å². The summed E-state index contributed by atoms with van der Waals surface area (Å²) in [4.78, 5) is 13.1. The molecule has 0 aromatic carbocycles. The molecule has 0 N–H and O–H groups in total. The summed E-state index contributed by atoms with van der Waals surface area (Å²) >= 11 is 9.83. The Labute approximate surface area is 116 Å². The summed E-state index contributed by atoms with van der Waals surface area (Å²) in [5.41, 5.74) is 1.77. The van der Waals surface area contributed by atoms with E-state index < -0.39 is 0 Å². The lowest BCUT2D eigenvalue weighted by atomic mass is 10.3. The molecule has 0 radical (unpaired) electrons. The van der Waals surface area contributed by atoms with Crippen LogP contribution in [0, 0.1) is 10.5 Å². The van der Waals surface area contributed by atoms with Crippen LogP contribution in [0.5, 0.6) is 0 Å². The van der Waals surface area contributed by atoms with Gasteiger partial charge in [0.15, 0.2) is 5.82 Å². The maximum absolute atomic E-state index is 6.07. The fourth-order valence-electron chi connectivity index (χ4n) is 1.28. The Balaban J connectivity index is 2.54. The molecular weight excluding hydrogens is 357 g/mol. The monoisotopic (exact) mass is 365 g/mol. The van der Waals surface area contributed by atoms with E-state index in [2.05, 4.69) is 44.5 Å². The number of nitrogens with zero attached hydrogens (tertiary/aromatic N) is 3. The van der Waals surface area contributed by atoms with E-state index in [-0.39, 0.29) is 0 Å². The van der Waals surface area contributed by atoms with Crippen LogP contribution in [-0.4, -0.2) is 15.0 Å². The standard InChI is InChI=1S/C10H9ClIN3S/c1-3-6-8(12)9(11)15-10(14-6)7-4-16-5(2)13-7/h4H,3H2,1-2H3. The molecule has 0 saturated heterocycles. The quantitative estimate of drug-likeness (QED) is 0.601. The molecule has 0 atom stereocenters. The van der Waals surface area contributed by atoms with Crippen molar-refractivity contribution >= 4 is 45.5 Å². The number of hydrogen-bond donors (Lipinski definition) is 0. The Morgan fingerprint density at radius 2 is 2.12 bits per heavy atom. The van der Waals surface area contributed by atoms with Crippen molar-refractivity contribution in [3.8, 4) is 11.5 Å². The maximum Gasteiger partial charge on any atom is 0.180 e. The van der Waals surface area contributed by atoms with Gasteiger partial charge in [-0.05, 0) is 35.9 Å². The molecule has 0 saturated carbocycles. The average molecular weight is 366 g/mol. The van der Waals surface area contributed by atoms with Gasteiger partial charge in [0.25, 0.3) is 0 Å². The second-order valence-electron chi connectivity index (χ2n) is 3.20. The highest BCUT2D eigenvalue weighted by Crippen LogP contribution is 2.24. The van der Waals surface area contributed by atoms with Crippen LogP contribution in [-0.2, 0) is 6.42 Å². The van der Waals surface area contributed by atoms with Crippen LogP contribution < -0.4 is 0 Å². The van der Waals surface area contributed by atoms with Crippen LogP contribution >= 0.6 is 45.5 Å². The predicted molar refractivity (Wildman–Crippen MR) is 75.0 cm³/mol. The van der Waals surface area contributed by atoms with Gasteiger partial charge in [0.1, 0.15) is 10.8 Å². The highest BCUT2D eigenvalue weighted by molar-refractivity contribution is 14.1. The van der Waals surface area contributed by atoms with Crippen molar-refractivity contribution in [3.63, 3.8) is 0 Å². The molecule has 0 unspecified atom stereocenters. The van der Waals surface area contributed by atoms with Gasteiger partial charge in [-0.3, -0.25) is 0 Å². The first-order valence-electron chi connectivity index (χ1n) is 4.76. The second-order valence-corrected chi connectivity index (χ2v) is 5.70. The Bertz CT molecular complexity index is 527. The first-order valence-corrected chi connectivity index (χ1v) is 7.10. The van der Waals surface area contributed by atoms with Crippen LogP contribution in [0.1, 0.15) is 17.6 Å². The van der Waals surface area contributed by atoms with Crippen molar-refractivity contribution in [3.05, 3.63) is 24.8 Å². The fourth-order valence-corrected chi connectivity index (χ4v) is 2.68. The lowest BCUT2D eigenvalue weighted by Crippen LogP contribution is -1.99. The number of halogens is 2. The van der Waals surface area contributed by atoms with E-state index in [1.165, 1.54) is 0 Å². The summed E-state index contributed by atoms with van der Waals surface area (Å²) in [6, 6.07) is 0. The summed E-state index contributed by atoms with van der Waals surface area (Å²) in [5, 5.41) is 3.47. The van der Waals surface area contributed by atoms with Gasteiger partial charge in [0.2, 0.25) is 0 Å². The summed E-state index contributed by atoms with van der Waals surface area (Å²) in [5.74, 6) is 0.617. The molecule has 3 nitrogen and oxygen atoms in total. The van der Waals surface area contributed by atoms with Gasteiger partial charge in [0.05, 0.1) is 14.3 Å². The predicted octanol–water partition coefficient (Wildman–Crippen LogP) is 3.73. The molecule has 2 heterocycles. The molecule has 0 aliphatic rings. The molecule has 84 valence electrons. The first kappa shape index (κ1) is 12.2. The Morgan fingerprint density at radius 1 is 1.38 bits per heavy atom. The lowest BCUT2D eigenvalue weighted by Gasteiger charge is -2.04. The molecular formula is C10H9ClIN3S. The maximum atomic E-state index is 6.07. The Kier molecular flexibility index (Phi) is 3.76. The third-order valence-electron chi connectivity index (χ3n) is 2.06. The van der Waals surface area contributed by atoms with Gasteiger partial charge in [-0.1, -0.05) is 18.5 Å². The van der Waals surface area contributed by atoms with Gasteiger partial charge in [-0.25, -0.2) is 15.0 Å². The molecule has 16 heavy (non-hydrogen) atoms. The minimum atomic E-state index is 0.508. The topological polar surface area (TPSA) is 38.7 Å². The molecule has 6 heteroatoms. The van der Waals surface area contributed by atoms with Gasteiger partial charge in [0, 0.05) is 5.38 Å². The van der Waals surface area contributed by atoms with Gasteiger partial charge in [-0.2, -0.15) is 0 Å². The normalized spacial score (nSPS) is 10.8. The lowest BCUT2D eigenvalue weighted by molar-refractivity contribution is 0.983. The second kappa shape index (κ2) is 4.93. The van der Waals surface area contributed by atoms with E-state index in [1.54, 1.807) is 11.3 Å². The largest absolute Gasteiger partial charge is 0.238 e. The molecule has 2 aromatic heterocycles. The first-order chi connectivity index (χ1) is 7.61. The zero-order valence-corrected chi connectivity index (χ0v) is 12.5. The van der Waals surface area contributed by atoms with Crippen molar-refractivity contribution in [2.75, 3.05) is 0 Å². The summed E-state index contributed by atoms with van der Waals surface area (Å²) in [6.45, 7) is 4.01. The van der Waals surface area contributed by atoms with Crippen LogP contribution in [0.4, 0.5) is 0 Å². The molecule has 2 rings (SSSR count). The minimum absolute atomic E-state index is 0.508. The van der Waals surface area contributed by atoms with E-state index in [9.17, 15) is 0 Å². The van der Waals surface area contributed by atoms with E-state index in [1.807, 2.05) is 12.3 Å². The third-order valence-corrected chi connectivity index (χ3v) is 4.56. The summed E-state index contributed by atoms with van der Waals surface area (Å²) in [7, 11) is 0. The zero-order valence-electron chi connectivity index (χ0n) is 8.79. The van der Waals surface area contributed by atoms with Crippen LogP contribution in [0.15, 0.2) is 5.38 Å². The molecule has 0 aliphatic carbocycles. The van der Waals surface area contributed by atoms with Crippen molar-refractivity contribution < 1.29 is 0 Å². The molecule has 0 spiro atoms. The Morgan fingerprint density at radius 3 is 2.69 bits per heavy atom. The molecule has 2 aromatic rings. The molecule has 0 bridgehead atoms.